The molecule has 12 heteroatoms. The second kappa shape index (κ2) is 10.0. The molecule has 0 spiro atoms. The minimum absolute atomic E-state index is 0.0277. The highest BCUT2D eigenvalue weighted by Crippen LogP contribution is 2.52. The zero-order valence-corrected chi connectivity index (χ0v) is 20.9. The van der Waals surface area contributed by atoms with Crippen LogP contribution >= 0.6 is 0 Å². The van der Waals surface area contributed by atoms with Crippen molar-refractivity contribution in [1.29, 1.82) is 0 Å². The zero-order chi connectivity index (χ0) is 26.2. The van der Waals surface area contributed by atoms with Gasteiger partial charge in [0.25, 0.3) is 0 Å². The number of aromatic nitrogens is 6. The SMILES string of the molecule is COCc1ccnc(OCc2c(-c3ccc(O[C@H]4C[C@H]5CC[C@@](F)(C(=O)O)[C@H]5C4)c(C)n3)nnn2C)n1. The summed E-state index contributed by atoms with van der Waals surface area (Å²) in [4.78, 5) is 24.6. The highest BCUT2D eigenvalue weighted by molar-refractivity contribution is 5.78. The number of carbonyl (C=O) groups is 1. The Morgan fingerprint density at radius 2 is 2.08 bits per heavy atom. The van der Waals surface area contributed by atoms with Crippen molar-refractivity contribution in [2.24, 2.45) is 18.9 Å². The number of pyridine rings is 1. The first-order chi connectivity index (χ1) is 17.8. The molecule has 4 atom stereocenters. The van der Waals surface area contributed by atoms with Crippen molar-refractivity contribution >= 4 is 5.97 Å². The van der Waals surface area contributed by atoms with Crippen molar-refractivity contribution in [3.05, 3.63) is 41.5 Å². The second-order valence-corrected chi connectivity index (χ2v) is 9.62. The third-order valence-corrected chi connectivity index (χ3v) is 7.31. The number of nitrogens with zero attached hydrogens (tertiary/aromatic N) is 6. The summed E-state index contributed by atoms with van der Waals surface area (Å²) in [5, 5.41) is 17.8. The van der Waals surface area contributed by atoms with Gasteiger partial charge < -0.3 is 19.3 Å². The van der Waals surface area contributed by atoms with Gasteiger partial charge in [0.15, 0.2) is 0 Å². The summed E-state index contributed by atoms with van der Waals surface area (Å²) < 4.78 is 33.6. The van der Waals surface area contributed by atoms with Gasteiger partial charge in [0.05, 0.1) is 29.8 Å². The van der Waals surface area contributed by atoms with E-state index in [2.05, 4.69) is 25.3 Å². The molecule has 2 aliphatic carbocycles. The number of rotatable bonds is 9. The first kappa shape index (κ1) is 25.0. The molecular weight excluding hydrogens is 483 g/mol. The van der Waals surface area contributed by atoms with Crippen molar-refractivity contribution in [3.63, 3.8) is 0 Å². The number of alkyl halides is 1. The molecule has 3 heterocycles. The van der Waals surface area contributed by atoms with Crippen LogP contribution in [0, 0.1) is 18.8 Å². The third-order valence-electron chi connectivity index (χ3n) is 7.31. The molecule has 0 aromatic carbocycles. The lowest BCUT2D eigenvalue weighted by Crippen LogP contribution is -2.38. The van der Waals surface area contributed by atoms with E-state index in [9.17, 15) is 14.3 Å². The fourth-order valence-electron chi connectivity index (χ4n) is 5.42. The van der Waals surface area contributed by atoms with Crippen molar-refractivity contribution < 1.29 is 28.5 Å². The van der Waals surface area contributed by atoms with Crippen LogP contribution in [0.15, 0.2) is 24.4 Å². The molecule has 0 saturated heterocycles. The largest absolute Gasteiger partial charge is 0.489 e. The zero-order valence-electron chi connectivity index (χ0n) is 20.9. The number of hydrogen-bond donors (Lipinski definition) is 1. The average molecular weight is 513 g/mol. The highest BCUT2D eigenvalue weighted by atomic mass is 19.1. The predicted octanol–water partition coefficient (Wildman–Crippen LogP) is 3.06. The molecule has 5 rings (SSSR count). The Morgan fingerprint density at radius 3 is 2.84 bits per heavy atom. The molecule has 0 unspecified atom stereocenters. The van der Waals surface area contributed by atoms with E-state index >= 15 is 0 Å². The molecule has 0 aliphatic heterocycles. The number of aryl methyl sites for hydroxylation is 2. The molecule has 196 valence electrons. The van der Waals surface area contributed by atoms with Crippen molar-refractivity contribution in [2.75, 3.05) is 7.11 Å². The number of methoxy groups -OCH3 is 1. The number of halogens is 1. The van der Waals surface area contributed by atoms with Crippen LogP contribution in [0.1, 0.15) is 42.8 Å². The van der Waals surface area contributed by atoms with E-state index in [1.807, 2.05) is 13.0 Å². The second-order valence-electron chi connectivity index (χ2n) is 9.62. The Hall–Kier alpha value is -3.67. The summed E-state index contributed by atoms with van der Waals surface area (Å²) >= 11 is 0. The monoisotopic (exact) mass is 512 g/mol. The predicted molar refractivity (Wildman–Crippen MR) is 127 cm³/mol. The molecular formula is C25H29FN6O5. The van der Waals surface area contributed by atoms with E-state index in [4.69, 9.17) is 14.2 Å². The van der Waals surface area contributed by atoms with Gasteiger partial charge in [-0.15, -0.1) is 5.10 Å². The molecule has 3 aromatic rings. The number of hydrogen-bond acceptors (Lipinski definition) is 9. The van der Waals surface area contributed by atoms with Crippen LogP contribution in [0.25, 0.3) is 11.4 Å². The van der Waals surface area contributed by atoms with Crippen LogP contribution < -0.4 is 9.47 Å². The topological polar surface area (TPSA) is 134 Å². The third kappa shape index (κ3) is 4.85. The molecule has 11 nitrogen and oxygen atoms in total. The Balaban J connectivity index is 1.28. The summed E-state index contributed by atoms with van der Waals surface area (Å²) in [7, 11) is 3.36. The summed E-state index contributed by atoms with van der Waals surface area (Å²) in [6, 6.07) is 5.57. The molecule has 1 N–H and O–H groups in total. The number of carboxylic acids is 1. The van der Waals surface area contributed by atoms with Gasteiger partial charge >= 0.3 is 12.0 Å². The van der Waals surface area contributed by atoms with Gasteiger partial charge in [0.1, 0.15) is 23.7 Å². The number of ether oxygens (including phenoxy) is 3. The van der Waals surface area contributed by atoms with Crippen molar-refractivity contribution in [2.45, 2.75) is 57.6 Å². The average Bonchev–Trinajstić information content (AvgIpc) is 3.54. The quantitative estimate of drug-likeness (QED) is 0.456. The first-order valence-corrected chi connectivity index (χ1v) is 12.2. The lowest BCUT2D eigenvalue weighted by molar-refractivity contribution is -0.153. The number of fused-ring (bicyclic) bond motifs is 1. The van der Waals surface area contributed by atoms with Gasteiger partial charge in [0.2, 0.25) is 5.67 Å². The molecule has 0 bridgehead atoms. The maximum atomic E-state index is 15.0. The number of aliphatic carboxylic acids is 1. The van der Waals surface area contributed by atoms with Gasteiger partial charge in [-0.05, 0) is 56.7 Å². The van der Waals surface area contributed by atoms with E-state index < -0.39 is 17.6 Å². The van der Waals surface area contributed by atoms with Crippen LogP contribution in [0.2, 0.25) is 0 Å². The maximum absolute atomic E-state index is 15.0. The normalized spacial score (nSPS) is 24.7. The van der Waals surface area contributed by atoms with Gasteiger partial charge in [-0.2, -0.15) is 4.98 Å². The first-order valence-electron chi connectivity index (χ1n) is 12.2. The molecule has 0 radical (unpaired) electrons. The van der Waals surface area contributed by atoms with Crippen LogP contribution in [-0.2, 0) is 29.8 Å². The molecule has 2 aliphatic rings. The van der Waals surface area contributed by atoms with E-state index in [-0.39, 0.29) is 31.1 Å². The highest BCUT2D eigenvalue weighted by Gasteiger charge is 2.58. The Morgan fingerprint density at radius 1 is 1.24 bits per heavy atom. The molecule has 2 fully saturated rings. The molecule has 0 amide bonds. The van der Waals surface area contributed by atoms with Crippen LogP contribution in [-0.4, -0.2) is 59.9 Å². The van der Waals surface area contributed by atoms with E-state index in [0.29, 0.717) is 60.1 Å². The Bertz CT molecular complexity index is 1300. The van der Waals surface area contributed by atoms with E-state index in [0.717, 1.165) is 0 Å². The summed E-state index contributed by atoms with van der Waals surface area (Å²) in [5.74, 6) is -1.26. The van der Waals surface area contributed by atoms with Crippen molar-refractivity contribution in [3.8, 4) is 23.1 Å². The lowest BCUT2D eigenvalue weighted by Gasteiger charge is -2.22. The van der Waals surface area contributed by atoms with Crippen LogP contribution in [0.3, 0.4) is 0 Å². The minimum Gasteiger partial charge on any atom is -0.489 e. The Kier molecular flexibility index (Phi) is 6.76. The summed E-state index contributed by atoms with van der Waals surface area (Å²) in [5.41, 5.74) is 1.05. The molecule has 2 saturated carbocycles. The fraction of sp³-hybridized carbons (Fsp3) is 0.520. The minimum atomic E-state index is -2.15. The fourth-order valence-corrected chi connectivity index (χ4v) is 5.42. The maximum Gasteiger partial charge on any atom is 0.341 e. The van der Waals surface area contributed by atoms with E-state index in [1.54, 1.807) is 37.2 Å². The standard InChI is InChI=1S/C25H29FN6O5/c1-14-21(37-17-10-15-6-8-25(26,23(33)34)18(15)11-17)5-4-19(28-14)22-20(32(2)31-30-22)13-36-24-27-9-7-16(29-24)12-35-3/h4-5,7,9,15,17-18H,6,8,10-13H2,1-3H3,(H,33,34)/t15-,17+,18+,25+/m1/s1. The van der Waals surface area contributed by atoms with Crippen molar-refractivity contribution in [1.82, 2.24) is 29.9 Å². The van der Waals surface area contributed by atoms with Gasteiger partial charge in [-0.25, -0.2) is 23.8 Å². The van der Waals surface area contributed by atoms with Gasteiger partial charge in [0, 0.05) is 26.3 Å². The Labute approximate surface area is 213 Å². The summed E-state index contributed by atoms with van der Waals surface area (Å²) in [6.45, 7) is 2.31. The van der Waals surface area contributed by atoms with Gasteiger partial charge in [-0.3, -0.25) is 0 Å². The van der Waals surface area contributed by atoms with Crippen LogP contribution in [0.4, 0.5) is 4.39 Å². The van der Waals surface area contributed by atoms with Crippen LogP contribution in [0.5, 0.6) is 11.8 Å². The molecule has 3 aromatic heterocycles. The van der Waals surface area contributed by atoms with E-state index in [1.165, 1.54) is 0 Å². The lowest BCUT2D eigenvalue weighted by atomic mass is 9.89. The smallest absolute Gasteiger partial charge is 0.341 e. The van der Waals surface area contributed by atoms with Gasteiger partial charge in [-0.1, -0.05) is 5.21 Å². The summed E-state index contributed by atoms with van der Waals surface area (Å²) in [6.07, 6.45) is 3.04. The molecule has 37 heavy (non-hydrogen) atoms. The number of carboxylic acid groups (broad SMARTS) is 1.